The van der Waals surface area contributed by atoms with Gasteiger partial charge in [0.25, 0.3) is 0 Å². The van der Waals surface area contributed by atoms with Gasteiger partial charge in [0, 0.05) is 57.3 Å². The molecule has 30 heavy (non-hydrogen) atoms. The molecule has 0 radical (unpaired) electrons. The number of carbonyl (C=O) groups excluding carboxylic acids is 1. The second-order valence-electron chi connectivity index (χ2n) is 6.80. The van der Waals surface area contributed by atoms with Crippen LogP contribution in [0.2, 0.25) is 0 Å². The lowest BCUT2D eigenvalue weighted by Crippen LogP contribution is -2.48. The first-order chi connectivity index (χ1) is 14.4. The summed E-state index contributed by atoms with van der Waals surface area (Å²) < 4.78 is 29.2. The molecular formula is C19H21N7O3S. The first-order valence-electron chi connectivity index (χ1n) is 9.36. The molecule has 1 saturated heterocycles. The minimum Gasteiger partial charge on any atom is -0.354 e. The molecule has 10 nitrogen and oxygen atoms in total. The van der Waals surface area contributed by atoms with Crippen molar-refractivity contribution in [2.75, 3.05) is 36.4 Å². The summed E-state index contributed by atoms with van der Waals surface area (Å²) in [6.07, 6.45) is 6.63. The van der Waals surface area contributed by atoms with Crippen LogP contribution >= 0.6 is 0 Å². The van der Waals surface area contributed by atoms with Crippen LogP contribution < -0.4 is 10.2 Å². The molecule has 0 spiro atoms. The first kappa shape index (κ1) is 20.0. The molecule has 0 unspecified atom stereocenters. The van der Waals surface area contributed by atoms with E-state index in [2.05, 4.69) is 20.3 Å². The van der Waals surface area contributed by atoms with Crippen LogP contribution in [-0.4, -0.2) is 64.3 Å². The Morgan fingerprint density at radius 1 is 1.03 bits per heavy atom. The van der Waals surface area contributed by atoms with Crippen LogP contribution in [0.4, 0.5) is 11.5 Å². The molecule has 1 fully saturated rings. The van der Waals surface area contributed by atoms with Crippen LogP contribution in [0.25, 0.3) is 5.82 Å². The van der Waals surface area contributed by atoms with Gasteiger partial charge in [-0.25, -0.2) is 23.4 Å². The van der Waals surface area contributed by atoms with E-state index in [1.54, 1.807) is 35.4 Å². The smallest absolute Gasteiger partial charge is 0.243 e. The standard InChI is InChI=1S/C19H21N7O3S/c1-15(27)23-16-2-4-17(5-3-16)30(28,29)26-10-8-24(9-11-26)18-12-19(22-13-21-18)25-7-6-20-14-25/h2-7,12-14H,8-11H2,1H3,(H,23,27). The summed E-state index contributed by atoms with van der Waals surface area (Å²) in [5.74, 6) is 1.24. The third-order valence-corrected chi connectivity index (χ3v) is 6.70. The minimum absolute atomic E-state index is 0.203. The number of sulfonamides is 1. The second-order valence-corrected chi connectivity index (χ2v) is 8.74. The van der Waals surface area contributed by atoms with Crippen LogP contribution in [0.15, 0.2) is 60.3 Å². The van der Waals surface area contributed by atoms with Crippen molar-refractivity contribution in [1.82, 2.24) is 23.8 Å². The van der Waals surface area contributed by atoms with Gasteiger partial charge in [0.05, 0.1) is 4.90 Å². The Hall–Kier alpha value is -3.31. The van der Waals surface area contributed by atoms with E-state index in [4.69, 9.17) is 0 Å². The van der Waals surface area contributed by atoms with E-state index in [0.29, 0.717) is 37.7 Å². The van der Waals surface area contributed by atoms with Crippen LogP contribution in [0.5, 0.6) is 0 Å². The quantitative estimate of drug-likeness (QED) is 0.649. The number of hydrogen-bond donors (Lipinski definition) is 1. The summed E-state index contributed by atoms with van der Waals surface area (Å²) in [5, 5.41) is 2.63. The van der Waals surface area contributed by atoms with E-state index in [-0.39, 0.29) is 10.8 Å². The van der Waals surface area contributed by atoms with Crippen molar-refractivity contribution in [2.24, 2.45) is 0 Å². The predicted octanol–water partition coefficient (Wildman–Crippen LogP) is 1.13. The number of piperazine rings is 1. The van der Waals surface area contributed by atoms with Gasteiger partial charge in [0.2, 0.25) is 15.9 Å². The lowest BCUT2D eigenvalue weighted by Gasteiger charge is -2.34. The number of nitrogens with one attached hydrogen (secondary N) is 1. The molecule has 156 valence electrons. The lowest BCUT2D eigenvalue weighted by atomic mass is 10.3. The van der Waals surface area contributed by atoms with Crippen LogP contribution in [0.3, 0.4) is 0 Å². The summed E-state index contributed by atoms with van der Waals surface area (Å²) in [4.78, 5) is 26.0. The van der Waals surface area contributed by atoms with Gasteiger partial charge in [0.1, 0.15) is 24.3 Å². The molecule has 1 aromatic carbocycles. The number of aromatic nitrogens is 4. The van der Waals surface area contributed by atoms with E-state index < -0.39 is 10.0 Å². The van der Waals surface area contributed by atoms with Gasteiger partial charge in [-0.15, -0.1) is 0 Å². The van der Waals surface area contributed by atoms with Gasteiger partial charge in [-0.2, -0.15) is 4.31 Å². The highest BCUT2D eigenvalue weighted by atomic mass is 32.2. The monoisotopic (exact) mass is 427 g/mol. The Morgan fingerprint density at radius 3 is 2.37 bits per heavy atom. The number of carbonyl (C=O) groups is 1. The minimum atomic E-state index is -3.61. The number of amides is 1. The maximum Gasteiger partial charge on any atom is 0.243 e. The molecule has 0 aliphatic carbocycles. The Bertz CT molecular complexity index is 1120. The van der Waals surface area contributed by atoms with Gasteiger partial charge in [0.15, 0.2) is 0 Å². The van der Waals surface area contributed by atoms with Gasteiger partial charge in [-0.1, -0.05) is 0 Å². The van der Waals surface area contributed by atoms with Crippen molar-refractivity contribution in [3.05, 3.63) is 55.4 Å². The average molecular weight is 427 g/mol. The fraction of sp³-hybridized carbons (Fsp3) is 0.263. The topological polar surface area (TPSA) is 113 Å². The molecule has 11 heteroatoms. The SMILES string of the molecule is CC(=O)Nc1ccc(S(=O)(=O)N2CCN(c3cc(-n4ccnc4)ncn3)CC2)cc1. The third kappa shape index (κ3) is 4.16. The van der Waals surface area contributed by atoms with Crippen molar-refractivity contribution in [2.45, 2.75) is 11.8 Å². The molecule has 2 aromatic heterocycles. The van der Waals surface area contributed by atoms with Crippen LogP contribution in [0.1, 0.15) is 6.92 Å². The molecule has 0 bridgehead atoms. The van der Waals surface area contributed by atoms with E-state index in [0.717, 1.165) is 5.82 Å². The van der Waals surface area contributed by atoms with Gasteiger partial charge < -0.3 is 10.2 Å². The Balaban J connectivity index is 1.44. The third-order valence-electron chi connectivity index (χ3n) is 4.78. The fourth-order valence-electron chi connectivity index (χ4n) is 3.27. The molecule has 4 rings (SSSR count). The molecule has 3 heterocycles. The normalized spacial score (nSPS) is 15.2. The zero-order valence-electron chi connectivity index (χ0n) is 16.3. The molecule has 1 aliphatic rings. The maximum atomic E-state index is 13.0. The van der Waals surface area contributed by atoms with Crippen LogP contribution in [-0.2, 0) is 14.8 Å². The Labute approximate surface area is 174 Å². The summed E-state index contributed by atoms with van der Waals surface area (Å²) >= 11 is 0. The van der Waals surface area contributed by atoms with Gasteiger partial charge >= 0.3 is 0 Å². The molecule has 0 atom stereocenters. The molecular weight excluding hydrogens is 406 g/mol. The molecule has 0 saturated carbocycles. The highest BCUT2D eigenvalue weighted by Crippen LogP contribution is 2.22. The van der Waals surface area contributed by atoms with E-state index >= 15 is 0 Å². The highest BCUT2D eigenvalue weighted by molar-refractivity contribution is 7.89. The summed E-state index contributed by atoms with van der Waals surface area (Å²) in [7, 11) is -3.61. The van der Waals surface area contributed by atoms with Crippen molar-refractivity contribution in [3.8, 4) is 5.82 Å². The number of rotatable bonds is 5. The van der Waals surface area contributed by atoms with E-state index in [1.165, 1.54) is 29.7 Å². The number of hydrogen-bond acceptors (Lipinski definition) is 7. The predicted molar refractivity (Wildman–Crippen MR) is 111 cm³/mol. The molecule has 1 N–H and O–H groups in total. The van der Waals surface area contributed by atoms with Crippen molar-refractivity contribution >= 4 is 27.4 Å². The Morgan fingerprint density at radius 2 is 1.73 bits per heavy atom. The largest absolute Gasteiger partial charge is 0.354 e. The molecule has 1 amide bonds. The summed E-state index contributed by atoms with van der Waals surface area (Å²) in [6, 6.07) is 8.04. The number of benzene rings is 1. The number of nitrogens with zero attached hydrogens (tertiary/aromatic N) is 6. The highest BCUT2D eigenvalue weighted by Gasteiger charge is 2.29. The number of anilines is 2. The van der Waals surface area contributed by atoms with Crippen LogP contribution in [0, 0.1) is 0 Å². The molecule has 3 aromatic rings. The zero-order valence-corrected chi connectivity index (χ0v) is 17.2. The van der Waals surface area contributed by atoms with E-state index in [9.17, 15) is 13.2 Å². The van der Waals surface area contributed by atoms with Gasteiger partial charge in [-0.05, 0) is 24.3 Å². The zero-order chi connectivity index (χ0) is 21.1. The summed E-state index contributed by atoms with van der Waals surface area (Å²) in [5.41, 5.74) is 0.559. The van der Waals surface area contributed by atoms with Crippen molar-refractivity contribution < 1.29 is 13.2 Å². The fourth-order valence-corrected chi connectivity index (χ4v) is 4.69. The van der Waals surface area contributed by atoms with Crippen molar-refractivity contribution in [1.29, 1.82) is 0 Å². The second kappa shape index (κ2) is 8.20. The Kier molecular flexibility index (Phi) is 5.46. The average Bonchev–Trinajstić information content (AvgIpc) is 3.29. The number of imidazole rings is 1. The summed E-state index contributed by atoms with van der Waals surface area (Å²) in [6.45, 7) is 3.13. The first-order valence-corrected chi connectivity index (χ1v) is 10.8. The van der Waals surface area contributed by atoms with Crippen molar-refractivity contribution in [3.63, 3.8) is 0 Å². The van der Waals surface area contributed by atoms with Gasteiger partial charge in [-0.3, -0.25) is 9.36 Å². The molecule has 1 aliphatic heterocycles. The van der Waals surface area contributed by atoms with E-state index in [1.807, 2.05) is 11.0 Å². The maximum absolute atomic E-state index is 13.0. The lowest BCUT2D eigenvalue weighted by molar-refractivity contribution is -0.114.